The van der Waals surface area contributed by atoms with Crippen molar-refractivity contribution in [3.05, 3.63) is 53.1 Å². The van der Waals surface area contributed by atoms with E-state index in [2.05, 4.69) is 42.7 Å². The molecule has 2 aromatic carbocycles. The topological polar surface area (TPSA) is 59.6 Å². The number of anilines is 1. The molecule has 0 spiro atoms. The number of carbonyl (C=O) groups excluding carboxylic acids is 1. The minimum atomic E-state index is -0.0484. The van der Waals surface area contributed by atoms with Gasteiger partial charge in [-0.1, -0.05) is 38.1 Å². The second-order valence-corrected chi connectivity index (χ2v) is 5.98. The monoisotopic (exact) mass is 356 g/mol. The van der Waals surface area contributed by atoms with Crippen molar-refractivity contribution in [2.75, 3.05) is 26.1 Å². The van der Waals surface area contributed by atoms with Gasteiger partial charge < -0.3 is 20.1 Å². The molecule has 5 heteroatoms. The van der Waals surface area contributed by atoms with Gasteiger partial charge in [0, 0.05) is 12.2 Å². The van der Waals surface area contributed by atoms with E-state index in [0.717, 1.165) is 24.1 Å². The Labute approximate surface area is 155 Å². The Morgan fingerprint density at radius 3 is 2.19 bits per heavy atom. The number of benzene rings is 2. The molecule has 0 aromatic heterocycles. The van der Waals surface area contributed by atoms with Crippen molar-refractivity contribution in [3.8, 4) is 11.5 Å². The predicted molar refractivity (Wildman–Crippen MR) is 105 cm³/mol. The van der Waals surface area contributed by atoms with E-state index in [0.29, 0.717) is 18.0 Å². The fraction of sp³-hybridized carbons (Fsp3) is 0.381. The lowest BCUT2D eigenvalue weighted by molar-refractivity contribution is -0.119. The largest absolute Gasteiger partial charge is 0.493 e. The van der Waals surface area contributed by atoms with E-state index in [1.165, 1.54) is 11.1 Å². The van der Waals surface area contributed by atoms with Crippen LogP contribution in [0.4, 0.5) is 5.69 Å². The number of carbonyl (C=O) groups is 1. The minimum Gasteiger partial charge on any atom is -0.493 e. The van der Waals surface area contributed by atoms with Crippen molar-refractivity contribution >= 4 is 11.6 Å². The Balaban J connectivity index is 1.94. The predicted octanol–water partition coefficient (Wildman–Crippen LogP) is 3.56. The van der Waals surface area contributed by atoms with Gasteiger partial charge in [0.2, 0.25) is 5.91 Å². The van der Waals surface area contributed by atoms with Crippen LogP contribution in [0.1, 0.15) is 30.5 Å². The molecule has 26 heavy (non-hydrogen) atoms. The normalized spacial score (nSPS) is 10.3. The van der Waals surface area contributed by atoms with Gasteiger partial charge >= 0.3 is 0 Å². The lowest BCUT2D eigenvalue weighted by Crippen LogP contribution is -2.29. The van der Waals surface area contributed by atoms with Gasteiger partial charge in [-0.2, -0.15) is 0 Å². The lowest BCUT2D eigenvalue weighted by atomic mass is 10.0. The first kappa shape index (κ1) is 19.6. The van der Waals surface area contributed by atoms with Crippen molar-refractivity contribution in [1.82, 2.24) is 5.32 Å². The molecule has 0 aliphatic rings. The third-order valence-corrected chi connectivity index (χ3v) is 4.36. The summed E-state index contributed by atoms with van der Waals surface area (Å²) in [5, 5.41) is 6.24. The zero-order chi connectivity index (χ0) is 18.9. The summed E-state index contributed by atoms with van der Waals surface area (Å²) in [6.45, 7) is 4.93. The average molecular weight is 356 g/mol. The van der Waals surface area contributed by atoms with Crippen LogP contribution < -0.4 is 20.1 Å². The molecule has 0 aliphatic carbocycles. The van der Waals surface area contributed by atoms with Crippen molar-refractivity contribution < 1.29 is 14.3 Å². The van der Waals surface area contributed by atoms with Crippen molar-refractivity contribution in [2.24, 2.45) is 0 Å². The number of para-hydroxylation sites is 1. The third-order valence-electron chi connectivity index (χ3n) is 4.36. The summed E-state index contributed by atoms with van der Waals surface area (Å²) in [5.41, 5.74) is 4.51. The van der Waals surface area contributed by atoms with Gasteiger partial charge in [-0.05, 0) is 41.7 Å². The molecular weight excluding hydrogens is 328 g/mol. The number of aryl methyl sites for hydroxylation is 2. The van der Waals surface area contributed by atoms with E-state index in [-0.39, 0.29) is 12.5 Å². The average Bonchev–Trinajstić information content (AvgIpc) is 2.69. The molecule has 0 saturated heterocycles. The summed E-state index contributed by atoms with van der Waals surface area (Å²) < 4.78 is 10.5. The van der Waals surface area contributed by atoms with Gasteiger partial charge in [-0.3, -0.25) is 4.79 Å². The summed E-state index contributed by atoms with van der Waals surface area (Å²) in [6.07, 6.45) is 1.87. The number of ether oxygens (including phenoxy) is 2. The quantitative estimate of drug-likeness (QED) is 0.721. The summed E-state index contributed by atoms with van der Waals surface area (Å²) >= 11 is 0. The maximum absolute atomic E-state index is 12.2. The van der Waals surface area contributed by atoms with Crippen LogP contribution in [0, 0.1) is 0 Å². The van der Waals surface area contributed by atoms with Crippen LogP contribution in [-0.4, -0.2) is 26.7 Å². The Hall–Kier alpha value is -2.69. The first-order valence-corrected chi connectivity index (χ1v) is 8.95. The highest BCUT2D eigenvalue weighted by molar-refractivity contribution is 5.81. The van der Waals surface area contributed by atoms with Crippen LogP contribution in [0.15, 0.2) is 36.4 Å². The van der Waals surface area contributed by atoms with E-state index in [1.807, 2.05) is 18.2 Å². The Bertz CT molecular complexity index is 722. The van der Waals surface area contributed by atoms with Crippen LogP contribution in [0.3, 0.4) is 0 Å². The zero-order valence-corrected chi connectivity index (χ0v) is 16.0. The van der Waals surface area contributed by atoms with Crippen LogP contribution >= 0.6 is 0 Å². The highest BCUT2D eigenvalue weighted by Gasteiger charge is 2.09. The molecule has 140 valence electrons. The molecule has 5 nitrogen and oxygen atoms in total. The molecule has 0 radical (unpaired) electrons. The second-order valence-electron chi connectivity index (χ2n) is 5.98. The van der Waals surface area contributed by atoms with Crippen LogP contribution in [-0.2, 0) is 24.2 Å². The van der Waals surface area contributed by atoms with Crippen molar-refractivity contribution in [1.29, 1.82) is 0 Å². The van der Waals surface area contributed by atoms with Crippen LogP contribution in [0.25, 0.3) is 0 Å². The van der Waals surface area contributed by atoms with Gasteiger partial charge in [0.1, 0.15) is 0 Å². The van der Waals surface area contributed by atoms with E-state index in [4.69, 9.17) is 9.47 Å². The first-order chi connectivity index (χ1) is 12.6. The summed E-state index contributed by atoms with van der Waals surface area (Å²) in [5.74, 6) is 1.28. The molecule has 2 N–H and O–H groups in total. The van der Waals surface area contributed by atoms with Crippen LogP contribution in [0.5, 0.6) is 11.5 Å². The van der Waals surface area contributed by atoms with E-state index in [1.54, 1.807) is 14.2 Å². The summed E-state index contributed by atoms with van der Waals surface area (Å²) in [7, 11) is 3.20. The SMILES string of the molecule is CCc1cccc(CC)c1NCC(=O)NCc1ccc(OC)c(OC)c1. The molecule has 2 aromatic rings. The maximum Gasteiger partial charge on any atom is 0.239 e. The Morgan fingerprint density at radius 1 is 0.962 bits per heavy atom. The maximum atomic E-state index is 12.2. The standard InChI is InChI=1S/C21H28N2O3/c1-5-16-8-7-9-17(6-2)21(16)23-14-20(24)22-13-15-10-11-18(25-3)19(12-15)26-4/h7-12,23H,5-6,13-14H2,1-4H3,(H,22,24). The number of hydrogen-bond acceptors (Lipinski definition) is 4. The van der Waals surface area contributed by atoms with Gasteiger partial charge in [0.15, 0.2) is 11.5 Å². The van der Waals surface area contributed by atoms with E-state index < -0.39 is 0 Å². The Kier molecular flexibility index (Phi) is 7.33. The number of hydrogen-bond donors (Lipinski definition) is 2. The molecule has 0 atom stereocenters. The fourth-order valence-corrected chi connectivity index (χ4v) is 2.89. The number of methoxy groups -OCH3 is 2. The number of nitrogens with one attached hydrogen (secondary N) is 2. The minimum absolute atomic E-state index is 0.0484. The molecule has 0 fully saturated rings. The molecule has 0 saturated carbocycles. The van der Waals surface area contributed by atoms with Gasteiger partial charge in [0.25, 0.3) is 0 Å². The molecular formula is C21H28N2O3. The van der Waals surface area contributed by atoms with Gasteiger partial charge in [0.05, 0.1) is 20.8 Å². The summed E-state index contributed by atoms with van der Waals surface area (Å²) in [4.78, 5) is 12.2. The number of amides is 1. The van der Waals surface area contributed by atoms with Crippen molar-refractivity contribution in [2.45, 2.75) is 33.2 Å². The van der Waals surface area contributed by atoms with Crippen LogP contribution in [0.2, 0.25) is 0 Å². The van der Waals surface area contributed by atoms with Gasteiger partial charge in [-0.25, -0.2) is 0 Å². The molecule has 0 heterocycles. The van der Waals surface area contributed by atoms with Gasteiger partial charge in [-0.15, -0.1) is 0 Å². The molecule has 2 rings (SSSR count). The zero-order valence-electron chi connectivity index (χ0n) is 16.0. The summed E-state index contributed by atoms with van der Waals surface area (Å²) in [6, 6.07) is 11.9. The fourth-order valence-electron chi connectivity index (χ4n) is 2.89. The van der Waals surface area contributed by atoms with Crippen molar-refractivity contribution in [3.63, 3.8) is 0 Å². The molecule has 0 unspecified atom stereocenters. The smallest absolute Gasteiger partial charge is 0.239 e. The second kappa shape index (κ2) is 9.70. The first-order valence-electron chi connectivity index (χ1n) is 8.95. The van der Waals surface area contributed by atoms with E-state index in [9.17, 15) is 4.79 Å². The number of rotatable bonds is 9. The Morgan fingerprint density at radius 2 is 1.62 bits per heavy atom. The molecule has 0 aliphatic heterocycles. The highest BCUT2D eigenvalue weighted by atomic mass is 16.5. The highest BCUT2D eigenvalue weighted by Crippen LogP contribution is 2.27. The molecule has 1 amide bonds. The third kappa shape index (κ3) is 4.91. The van der Waals surface area contributed by atoms with E-state index >= 15 is 0 Å². The lowest BCUT2D eigenvalue weighted by Gasteiger charge is -2.15. The molecule has 0 bridgehead atoms.